The van der Waals surface area contributed by atoms with Gasteiger partial charge >= 0.3 is 0 Å². The zero-order chi connectivity index (χ0) is 12.4. The van der Waals surface area contributed by atoms with Gasteiger partial charge in [0.25, 0.3) is 0 Å². The molecule has 0 aromatic carbocycles. The quantitative estimate of drug-likeness (QED) is 0.764. The summed E-state index contributed by atoms with van der Waals surface area (Å²) in [6.45, 7) is 0.760. The fraction of sp³-hybridized carbons (Fsp3) is 0.286. The highest BCUT2D eigenvalue weighted by Gasteiger charge is 2.13. The minimum Gasteiger partial charge on any atom is -0.498 e. The Labute approximate surface area is 110 Å². The van der Waals surface area contributed by atoms with Crippen molar-refractivity contribution in [2.75, 3.05) is 6.61 Å². The number of carbonyl (C=O) groups is 1. The lowest BCUT2D eigenvalue weighted by Crippen LogP contribution is -1.89. The maximum absolute atomic E-state index is 10.7. The van der Waals surface area contributed by atoms with Gasteiger partial charge in [-0.3, -0.25) is 4.79 Å². The molecule has 0 spiro atoms. The highest BCUT2D eigenvalue weighted by Crippen LogP contribution is 2.29. The van der Waals surface area contributed by atoms with Crippen molar-refractivity contribution in [2.45, 2.75) is 19.3 Å². The van der Waals surface area contributed by atoms with Gasteiger partial charge in [0.15, 0.2) is 6.29 Å². The molecule has 2 aliphatic rings. The van der Waals surface area contributed by atoms with Crippen LogP contribution in [0.4, 0.5) is 0 Å². The van der Waals surface area contributed by atoms with E-state index in [1.807, 2.05) is 12.2 Å². The highest BCUT2D eigenvalue weighted by molar-refractivity contribution is 7.11. The molecule has 3 nitrogen and oxygen atoms in total. The minimum absolute atomic E-state index is 0.503. The molecule has 92 valence electrons. The van der Waals surface area contributed by atoms with E-state index in [0.29, 0.717) is 5.69 Å². The average molecular weight is 259 g/mol. The first-order chi connectivity index (χ1) is 8.85. The zero-order valence-corrected chi connectivity index (χ0v) is 10.7. The van der Waals surface area contributed by atoms with Crippen LogP contribution in [0.3, 0.4) is 0 Å². The molecule has 1 aliphatic heterocycles. The molecule has 1 aromatic rings. The monoisotopic (exact) mass is 259 g/mol. The third kappa shape index (κ3) is 2.29. The molecule has 0 radical (unpaired) electrons. The number of aromatic nitrogens is 1. The van der Waals surface area contributed by atoms with Crippen LogP contribution in [0.15, 0.2) is 34.9 Å². The Bertz CT molecular complexity index is 566. The topological polar surface area (TPSA) is 39.2 Å². The molecule has 2 heterocycles. The maximum atomic E-state index is 10.7. The second-order valence-corrected chi connectivity index (χ2v) is 5.21. The normalized spacial score (nSPS) is 24.6. The summed E-state index contributed by atoms with van der Waals surface area (Å²) in [5, 5.41) is 2.69. The fourth-order valence-electron chi connectivity index (χ4n) is 2.13. The molecule has 0 amide bonds. The van der Waals surface area contributed by atoms with Gasteiger partial charge in [0.1, 0.15) is 10.7 Å². The van der Waals surface area contributed by atoms with Crippen LogP contribution in [0.1, 0.15) is 34.8 Å². The number of hydrogen-bond acceptors (Lipinski definition) is 4. The molecular formula is C14H13NO2S. The summed E-state index contributed by atoms with van der Waals surface area (Å²) in [6.07, 6.45) is 10.0. The number of rotatable bonds is 2. The van der Waals surface area contributed by atoms with Gasteiger partial charge in [-0.05, 0) is 18.6 Å². The van der Waals surface area contributed by atoms with E-state index >= 15 is 0 Å². The van der Waals surface area contributed by atoms with Gasteiger partial charge in [-0.2, -0.15) is 0 Å². The van der Waals surface area contributed by atoms with E-state index in [9.17, 15) is 4.79 Å². The predicted molar refractivity (Wildman–Crippen MR) is 71.4 cm³/mol. The summed E-state index contributed by atoms with van der Waals surface area (Å²) in [7, 11) is 0. The summed E-state index contributed by atoms with van der Waals surface area (Å²) >= 11 is 1.51. The van der Waals surface area contributed by atoms with Crippen LogP contribution in [0.5, 0.6) is 0 Å². The smallest absolute Gasteiger partial charge is 0.169 e. The van der Waals surface area contributed by atoms with Crippen molar-refractivity contribution >= 4 is 23.2 Å². The molecule has 0 atom stereocenters. The Kier molecular flexibility index (Phi) is 3.11. The number of nitrogens with zero attached hydrogens (tertiary/aromatic N) is 1. The third-order valence-electron chi connectivity index (χ3n) is 3.10. The Morgan fingerprint density at radius 3 is 3.06 bits per heavy atom. The SMILES string of the molecule is O=Cc1csc(C2=C/C=C3CC/C(=C\2)CCO3)n1. The molecule has 2 bridgehead atoms. The van der Waals surface area contributed by atoms with Crippen molar-refractivity contribution in [3.63, 3.8) is 0 Å². The largest absolute Gasteiger partial charge is 0.498 e. The molecular weight excluding hydrogens is 246 g/mol. The lowest BCUT2D eigenvalue weighted by molar-refractivity contribution is 0.111. The summed E-state index contributed by atoms with van der Waals surface area (Å²) in [6, 6.07) is 0. The van der Waals surface area contributed by atoms with Gasteiger partial charge < -0.3 is 4.74 Å². The molecule has 0 N–H and O–H groups in total. The standard InChI is InChI=1S/C14H13NO2S/c16-8-12-9-18-14(15-12)11-2-4-13-3-1-10(7-11)5-6-17-13/h2,4,7-9H,1,3,5-6H2/b10-7+,11-2+,13-4?. The van der Waals surface area contributed by atoms with E-state index in [1.165, 1.54) is 16.9 Å². The van der Waals surface area contributed by atoms with Gasteiger partial charge in [0, 0.05) is 23.8 Å². The third-order valence-corrected chi connectivity index (χ3v) is 4.01. The number of fused-ring (bicyclic) bond motifs is 3. The van der Waals surface area contributed by atoms with Crippen LogP contribution in [0.2, 0.25) is 0 Å². The van der Waals surface area contributed by atoms with Gasteiger partial charge in [0.2, 0.25) is 0 Å². The van der Waals surface area contributed by atoms with Crippen molar-refractivity contribution in [1.29, 1.82) is 0 Å². The first-order valence-electron chi connectivity index (χ1n) is 5.99. The summed E-state index contributed by atoms with van der Waals surface area (Å²) in [5.41, 5.74) is 2.97. The number of carbonyl (C=O) groups excluding carboxylic acids is 1. The van der Waals surface area contributed by atoms with Crippen molar-refractivity contribution in [3.8, 4) is 0 Å². The van der Waals surface area contributed by atoms with Crippen LogP contribution in [-0.2, 0) is 4.74 Å². The first kappa shape index (κ1) is 11.4. The number of ether oxygens (including phenoxy) is 1. The van der Waals surface area contributed by atoms with E-state index in [4.69, 9.17) is 4.74 Å². The van der Waals surface area contributed by atoms with Crippen molar-refractivity contribution in [2.24, 2.45) is 0 Å². The van der Waals surface area contributed by atoms with Crippen molar-refractivity contribution < 1.29 is 9.53 Å². The Morgan fingerprint density at radius 1 is 1.28 bits per heavy atom. The molecule has 3 rings (SSSR count). The maximum Gasteiger partial charge on any atom is 0.169 e. The highest BCUT2D eigenvalue weighted by atomic mass is 32.1. The van der Waals surface area contributed by atoms with E-state index in [2.05, 4.69) is 11.1 Å². The second-order valence-electron chi connectivity index (χ2n) is 4.35. The van der Waals surface area contributed by atoms with E-state index in [-0.39, 0.29) is 0 Å². The molecule has 1 aromatic heterocycles. The number of thiazole rings is 1. The number of hydrogen-bond donors (Lipinski definition) is 0. The zero-order valence-electron chi connectivity index (χ0n) is 9.89. The summed E-state index contributed by atoms with van der Waals surface area (Å²) in [5.74, 6) is 1.04. The molecule has 1 fully saturated rings. The van der Waals surface area contributed by atoms with Crippen molar-refractivity contribution in [3.05, 3.63) is 45.6 Å². The Hall–Kier alpha value is -1.68. The van der Waals surface area contributed by atoms with E-state index in [0.717, 1.165) is 48.5 Å². The average Bonchev–Trinajstić information content (AvgIpc) is 2.76. The summed E-state index contributed by atoms with van der Waals surface area (Å²) in [4.78, 5) is 15.0. The van der Waals surface area contributed by atoms with Crippen LogP contribution < -0.4 is 0 Å². The van der Waals surface area contributed by atoms with Crippen LogP contribution in [0.25, 0.3) is 5.57 Å². The fourth-order valence-corrected chi connectivity index (χ4v) is 2.89. The van der Waals surface area contributed by atoms with Gasteiger partial charge in [-0.15, -0.1) is 11.3 Å². The van der Waals surface area contributed by atoms with Crippen molar-refractivity contribution in [1.82, 2.24) is 4.98 Å². The molecule has 0 saturated carbocycles. The Balaban J connectivity index is 2.02. The summed E-state index contributed by atoms with van der Waals surface area (Å²) < 4.78 is 5.67. The number of aldehydes is 1. The minimum atomic E-state index is 0.503. The molecule has 0 unspecified atom stereocenters. The van der Waals surface area contributed by atoms with Gasteiger partial charge in [-0.25, -0.2) is 4.98 Å². The number of allylic oxidation sites excluding steroid dienone is 5. The van der Waals surface area contributed by atoms with Gasteiger partial charge in [0.05, 0.1) is 12.4 Å². The Morgan fingerprint density at radius 2 is 2.22 bits per heavy atom. The molecule has 1 aliphatic carbocycles. The lowest BCUT2D eigenvalue weighted by Gasteiger charge is -2.06. The lowest BCUT2D eigenvalue weighted by atomic mass is 10.0. The van der Waals surface area contributed by atoms with Gasteiger partial charge in [-0.1, -0.05) is 11.6 Å². The van der Waals surface area contributed by atoms with E-state index in [1.54, 1.807) is 5.38 Å². The van der Waals surface area contributed by atoms with Crippen LogP contribution >= 0.6 is 11.3 Å². The second kappa shape index (κ2) is 4.90. The van der Waals surface area contributed by atoms with Crippen LogP contribution in [-0.4, -0.2) is 17.9 Å². The molecule has 18 heavy (non-hydrogen) atoms. The van der Waals surface area contributed by atoms with Crippen LogP contribution in [0, 0.1) is 0 Å². The van der Waals surface area contributed by atoms with E-state index < -0.39 is 0 Å². The molecule has 1 saturated heterocycles. The molecule has 4 heteroatoms. The first-order valence-corrected chi connectivity index (χ1v) is 6.87. The predicted octanol–water partition coefficient (Wildman–Crippen LogP) is 3.36.